The highest BCUT2D eigenvalue weighted by Crippen LogP contribution is 2.21. The SMILES string of the molecule is CCC(NC1COC1)c1ccc(OC)cc1. The van der Waals surface area contributed by atoms with Gasteiger partial charge in [0.25, 0.3) is 0 Å². The Morgan fingerprint density at radius 3 is 2.50 bits per heavy atom. The van der Waals surface area contributed by atoms with Crippen LogP contribution in [0.2, 0.25) is 0 Å². The third-order valence-corrected chi connectivity index (χ3v) is 3.00. The normalized spacial score (nSPS) is 17.9. The molecule has 0 radical (unpaired) electrons. The van der Waals surface area contributed by atoms with Crippen LogP contribution in [0.5, 0.6) is 5.75 Å². The Labute approximate surface area is 96.8 Å². The van der Waals surface area contributed by atoms with Gasteiger partial charge in [0.05, 0.1) is 26.4 Å². The van der Waals surface area contributed by atoms with Crippen molar-refractivity contribution in [2.24, 2.45) is 0 Å². The van der Waals surface area contributed by atoms with Crippen LogP contribution in [0.15, 0.2) is 24.3 Å². The summed E-state index contributed by atoms with van der Waals surface area (Å²) >= 11 is 0. The lowest BCUT2D eigenvalue weighted by Crippen LogP contribution is -2.47. The van der Waals surface area contributed by atoms with E-state index in [0.717, 1.165) is 25.4 Å². The summed E-state index contributed by atoms with van der Waals surface area (Å²) in [4.78, 5) is 0. The summed E-state index contributed by atoms with van der Waals surface area (Å²) < 4.78 is 10.3. The lowest BCUT2D eigenvalue weighted by molar-refractivity contribution is -0.0103. The minimum absolute atomic E-state index is 0.416. The summed E-state index contributed by atoms with van der Waals surface area (Å²) in [7, 11) is 1.69. The highest BCUT2D eigenvalue weighted by molar-refractivity contribution is 5.29. The van der Waals surface area contributed by atoms with Crippen LogP contribution in [0, 0.1) is 0 Å². The number of rotatable bonds is 5. The molecule has 88 valence electrons. The molecule has 1 aliphatic heterocycles. The summed E-state index contributed by atoms with van der Waals surface area (Å²) in [5.41, 5.74) is 1.32. The molecule has 1 aromatic carbocycles. The molecular weight excluding hydrogens is 202 g/mol. The van der Waals surface area contributed by atoms with E-state index in [9.17, 15) is 0 Å². The van der Waals surface area contributed by atoms with Crippen LogP contribution in [0.1, 0.15) is 24.9 Å². The van der Waals surface area contributed by atoms with Gasteiger partial charge in [-0.25, -0.2) is 0 Å². The van der Waals surface area contributed by atoms with Crippen LogP contribution in [-0.2, 0) is 4.74 Å². The first-order valence-electron chi connectivity index (χ1n) is 5.81. The molecule has 3 nitrogen and oxygen atoms in total. The number of nitrogens with one attached hydrogen (secondary N) is 1. The largest absolute Gasteiger partial charge is 0.497 e. The van der Waals surface area contributed by atoms with Gasteiger partial charge >= 0.3 is 0 Å². The van der Waals surface area contributed by atoms with Gasteiger partial charge in [-0.3, -0.25) is 0 Å². The summed E-state index contributed by atoms with van der Waals surface area (Å²) in [5.74, 6) is 0.908. The molecule has 0 bridgehead atoms. The maximum Gasteiger partial charge on any atom is 0.118 e. The molecule has 0 aliphatic carbocycles. The smallest absolute Gasteiger partial charge is 0.118 e. The molecule has 16 heavy (non-hydrogen) atoms. The molecule has 1 saturated heterocycles. The summed E-state index contributed by atoms with van der Waals surface area (Å²) in [6.07, 6.45) is 1.09. The molecular formula is C13H19NO2. The van der Waals surface area contributed by atoms with E-state index in [1.165, 1.54) is 5.56 Å². The summed E-state index contributed by atoms with van der Waals surface area (Å²) in [5, 5.41) is 3.59. The van der Waals surface area contributed by atoms with E-state index < -0.39 is 0 Å². The van der Waals surface area contributed by atoms with Gasteiger partial charge in [0.2, 0.25) is 0 Å². The first-order chi connectivity index (χ1) is 7.83. The van der Waals surface area contributed by atoms with Crippen molar-refractivity contribution in [3.05, 3.63) is 29.8 Å². The lowest BCUT2D eigenvalue weighted by Gasteiger charge is -2.31. The predicted octanol–water partition coefficient (Wildman–Crippen LogP) is 2.13. The zero-order valence-electron chi connectivity index (χ0n) is 9.90. The number of methoxy groups -OCH3 is 1. The van der Waals surface area contributed by atoms with Crippen LogP contribution < -0.4 is 10.1 Å². The Kier molecular flexibility index (Phi) is 3.80. The van der Waals surface area contributed by atoms with Crippen molar-refractivity contribution in [3.63, 3.8) is 0 Å². The van der Waals surface area contributed by atoms with Crippen molar-refractivity contribution in [2.45, 2.75) is 25.4 Å². The first kappa shape index (κ1) is 11.4. The Morgan fingerprint density at radius 2 is 2.06 bits per heavy atom. The first-order valence-corrected chi connectivity index (χ1v) is 5.81. The fourth-order valence-electron chi connectivity index (χ4n) is 1.90. The van der Waals surface area contributed by atoms with E-state index >= 15 is 0 Å². The maximum atomic E-state index is 5.17. The maximum absolute atomic E-state index is 5.17. The molecule has 1 heterocycles. The zero-order chi connectivity index (χ0) is 11.4. The van der Waals surface area contributed by atoms with Crippen molar-refractivity contribution in [2.75, 3.05) is 20.3 Å². The van der Waals surface area contributed by atoms with Crippen LogP contribution in [0.3, 0.4) is 0 Å². The average Bonchev–Trinajstić information content (AvgIpc) is 2.28. The Morgan fingerprint density at radius 1 is 1.38 bits per heavy atom. The average molecular weight is 221 g/mol. The number of hydrogen-bond acceptors (Lipinski definition) is 3. The van der Waals surface area contributed by atoms with E-state index in [-0.39, 0.29) is 0 Å². The van der Waals surface area contributed by atoms with Gasteiger partial charge in [0.15, 0.2) is 0 Å². The van der Waals surface area contributed by atoms with Crippen molar-refractivity contribution in [3.8, 4) is 5.75 Å². The fraction of sp³-hybridized carbons (Fsp3) is 0.538. The van der Waals surface area contributed by atoms with Gasteiger partial charge in [-0.05, 0) is 24.1 Å². The monoisotopic (exact) mass is 221 g/mol. The lowest BCUT2D eigenvalue weighted by atomic mass is 10.0. The Balaban J connectivity index is 2.00. The number of benzene rings is 1. The minimum Gasteiger partial charge on any atom is -0.497 e. The molecule has 1 aromatic rings. The van der Waals surface area contributed by atoms with Gasteiger partial charge < -0.3 is 14.8 Å². The van der Waals surface area contributed by atoms with Gasteiger partial charge in [-0.1, -0.05) is 19.1 Å². The molecule has 0 aromatic heterocycles. The predicted molar refractivity (Wildman–Crippen MR) is 63.8 cm³/mol. The van der Waals surface area contributed by atoms with Crippen molar-refractivity contribution in [1.82, 2.24) is 5.32 Å². The van der Waals surface area contributed by atoms with Gasteiger partial charge in [0.1, 0.15) is 5.75 Å². The van der Waals surface area contributed by atoms with E-state index in [4.69, 9.17) is 9.47 Å². The number of ether oxygens (including phenoxy) is 2. The van der Waals surface area contributed by atoms with Crippen LogP contribution in [-0.4, -0.2) is 26.4 Å². The number of hydrogen-bond donors (Lipinski definition) is 1. The molecule has 0 spiro atoms. The minimum atomic E-state index is 0.416. The molecule has 0 amide bonds. The van der Waals surface area contributed by atoms with Gasteiger partial charge in [-0.15, -0.1) is 0 Å². The molecule has 0 saturated carbocycles. The van der Waals surface area contributed by atoms with E-state index in [2.05, 4.69) is 24.4 Å². The van der Waals surface area contributed by atoms with Crippen LogP contribution >= 0.6 is 0 Å². The van der Waals surface area contributed by atoms with Gasteiger partial charge in [0, 0.05) is 6.04 Å². The van der Waals surface area contributed by atoms with Crippen molar-refractivity contribution in [1.29, 1.82) is 0 Å². The molecule has 1 atom stereocenters. The molecule has 1 N–H and O–H groups in total. The quantitative estimate of drug-likeness (QED) is 0.826. The standard InChI is InChI=1S/C13H19NO2/c1-3-13(14-11-8-16-9-11)10-4-6-12(15-2)7-5-10/h4-7,11,13-14H,3,8-9H2,1-2H3. The molecule has 1 unspecified atom stereocenters. The highest BCUT2D eigenvalue weighted by atomic mass is 16.5. The second-order valence-corrected chi connectivity index (χ2v) is 4.14. The van der Waals surface area contributed by atoms with E-state index in [1.54, 1.807) is 7.11 Å². The molecule has 1 aliphatic rings. The van der Waals surface area contributed by atoms with Crippen molar-refractivity contribution >= 4 is 0 Å². The Bertz CT molecular complexity index is 319. The third-order valence-electron chi connectivity index (χ3n) is 3.00. The van der Waals surface area contributed by atoms with Crippen LogP contribution in [0.25, 0.3) is 0 Å². The summed E-state index contributed by atoms with van der Waals surface area (Å²) in [6.45, 7) is 3.88. The second-order valence-electron chi connectivity index (χ2n) is 4.14. The Hall–Kier alpha value is -1.06. The second kappa shape index (κ2) is 5.32. The fourth-order valence-corrected chi connectivity index (χ4v) is 1.90. The summed E-state index contributed by atoms with van der Waals surface area (Å²) in [6, 6.07) is 9.21. The van der Waals surface area contributed by atoms with E-state index in [1.807, 2.05) is 12.1 Å². The van der Waals surface area contributed by atoms with Crippen LogP contribution in [0.4, 0.5) is 0 Å². The van der Waals surface area contributed by atoms with Crippen molar-refractivity contribution < 1.29 is 9.47 Å². The third kappa shape index (κ3) is 2.54. The highest BCUT2D eigenvalue weighted by Gasteiger charge is 2.21. The zero-order valence-corrected chi connectivity index (χ0v) is 9.90. The molecule has 3 heteroatoms. The molecule has 2 rings (SSSR count). The van der Waals surface area contributed by atoms with Gasteiger partial charge in [-0.2, -0.15) is 0 Å². The molecule has 1 fully saturated rings. The topological polar surface area (TPSA) is 30.5 Å². The van der Waals surface area contributed by atoms with E-state index in [0.29, 0.717) is 12.1 Å².